The summed E-state index contributed by atoms with van der Waals surface area (Å²) >= 11 is 0. The molecule has 0 fully saturated rings. The van der Waals surface area contributed by atoms with Crippen LogP contribution in [0.4, 0.5) is 0 Å². The third kappa shape index (κ3) is 4.16. The number of aromatic nitrogens is 2. The Hall–Kier alpha value is -3.99. The molecule has 5 nitrogen and oxygen atoms in total. The Bertz CT molecular complexity index is 1210. The third-order valence-corrected chi connectivity index (χ3v) is 5.17. The Labute approximate surface area is 181 Å². The van der Waals surface area contributed by atoms with Gasteiger partial charge in [-0.25, -0.2) is 0 Å². The topological polar surface area (TPSA) is 67.4 Å². The number of aryl methyl sites for hydroxylation is 1. The van der Waals surface area contributed by atoms with Gasteiger partial charge in [-0.1, -0.05) is 55.1 Å². The van der Waals surface area contributed by atoms with Crippen LogP contribution in [0.2, 0.25) is 0 Å². The predicted molar refractivity (Wildman–Crippen MR) is 123 cm³/mol. The minimum absolute atomic E-state index is 0.0992. The van der Waals surface area contributed by atoms with Gasteiger partial charge in [-0.2, -0.15) is 5.10 Å². The lowest BCUT2D eigenvalue weighted by Crippen LogP contribution is -1.95. The highest BCUT2D eigenvalue weighted by atomic mass is 16.5. The molecule has 2 N–H and O–H groups in total. The maximum atomic E-state index is 10.7. The van der Waals surface area contributed by atoms with Crippen LogP contribution < -0.4 is 9.47 Å². The maximum absolute atomic E-state index is 10.7. The fourth-order valence-corrected chi connectivity index (χ4v) is 3.52. The van der Waals surface area contributed by atoms with Crippen molar-refractivity contribution in [3.8, 4) is 39.6 Å². The van der Waals surface area contributed by atoms with Crippen molar-refractivity contribution >= 4 is 6.08 Å². The number of aromatic hydroxyl groups is 1. The molecular weight excluding hydrogens is 388 g/mol. The number of para-hydroxylation sites is 1. The van der Waals surface area contributed by atoms with Crippen molar-refractivity contribution in [3.05, 3.63) is 90.1 Å². The number of methoxy groups -OCH3 is 1. The van der Waals surface area contributed by atoms with Crippen LogP contribution >= 0.6 is 0 Å². The van der Waals surface area contributed by atoms with E-state index >= 15 is 0 Å². The van der Waals surface area contributed by atoms with Crippen molar-refractivity contribution < 1.29 is 14.6 Å². The van der Waals surface area contributed by atoms with E-state index < -0.39 is 0 Å². The average molecular weight is 412 g/mol. The van der Waals surface area contributed by atoms with E-state index in [9.17, 15) is 5.11 Å². The summed E-state index contributed by atoms with van der Waals surface area (Å²) in [5, 5.41) is 18.2. The van der Waals surface area contributed by atoms with E-state index in [2.05, 4.69) is 16.8 Å². The molecule has 4 aromatic rings. The first kappa shape index (κ1) is 20.3. The van der Waals surface area contributed by atoms with Gasteiger partial charge in [0.25, 0.3) is 0 Å². The minimum Gasteiger partial charge on any atom is -0.507 e. The molecule has 0 bridgehead atoms. The summed E-state index contributed by atoms with van der Waals surface area (Å²) in [7, 11) is 1.64. The number of nitrogens with one attached hydrogen (secondary N) is 1. The summed E-state index contributed by atoms with van der Waals surface area (Å²) < 4.78 is 11.4. The molecule has 0 aliphatic rings. The number of phenolic OH excluding ortho intramolecular Hbond substituents is 1. The van der Waals surface area contributed by atoms with Crippen LogP contribution in [0, 0.1) is 6.92 Å². The van der Waals surface area contributed by atoms with Crippen LogP contribution in [0.3, 0.4) is 0 Å². The van der Waals surface area contributed by atoms with Gasteiger partial charge in [-0.3, -0.25) is 5.10 Å². The molecule has 31 heavy (non-hydrogen) atoms. The number of aromatic amines is 1. The highest BCUT2D eigenvalue weighted by molar-refractivity contribution is 5.87. The number of H-pyrrole nitrogens is 1. The van der Waals surface area contributed by atoms with E-state index in [1.807, 2.05) is 67.6 Å². The average Bonchev–Trinajstić information content (AvgIpc) is 3.18. The van der Waals surface area contributed by atoms with E-state index in [0.29, 0.717) is 23.6 Å². The maximum Gasteiger partial charge on any atom is 0.128 e. The first-order valence-corrected chi connectivity index (χ1v) is 9.96. The van der Waals surface area contributed by atoms with Gasteiger partial charge >= 0.3 is 0 Å². The Kier molecular flexibility index (Phi) is 5.76. The van der Waals surface area contributed by atoms with Crippen LogP contribution in [-0.4, -0.2) is 22.4 Å². The summed E-state index contributed by atoms with van der Waals surface area (Å²) in [6.45, 7) is 6.12. The Balaban J connectivity index is 1.61. The van der Waals surface area contributed by atoms with Gasteiger partial charge in [0.1, 0.15) is 29.5 Å². The molecule has 0 saturated carbocycles. The second-order valence-electron chi connectivity index (χ2n) is 7.19. The number of nitrogens with zero attached hydrogens (tertiary/aromatic N) is 1. The van der Waals surface area contributed by atoms with Crippen LogP contribution in [0.25, 0.3) is 28.5 Å². The normalized spacial score (nSPS) is 10.6. The molecule has 0 atom stereocenters. The molecule has 0 saturated heterocycles. The van der Waals surface area contributed by atoms with E-state index in [1.165, 1.54) is 0 Å². The highest BCUT2D eigenvalue weighted by Gasteiger charge is 2.20. The first-order chi connectivity index (χ1) is 15.1. The van der Waals surface area contributed by atoms with E-state index in [4.69, 9.17) is 9.47 Å². The van der Waals surface area contributed by atoms with Crippen molar-refractivity contribution in [1.29, 1.82) is 0 Å². The molecule has 0 radical (unpaired) electrons. The van der Waals surface area contributed by atoms with Crippen molar-refractivity contribution in [3.63, 3.8) is 0 Å². The standard InChI is InChI=1S/C26H24N2O3/c1-4-18-9-11-19(12-10-18)16-31-20-13-14-21(23(29)15-20)26-25(17(2)27-28-26)22-7-5-6-8-24(22)30-3/h4-15,29H,1,16H2,2-3H3,(H,27,28). The van der Waals surface area contributed by atoms with Gasteiger partial charge in [-0.15, -0.1) is 0 Å². The van der Waals surface area contributed by atoms with E-state index in [0.717, 1.165) is 33.7 Å². The van der Waals surface area contributed by atoms with Crippen molar-refractivity contribution in [1.82, 2.24) is 10.2 Å². The predicted octanol–water partition coefficient (Wildman–Crippen LogP) is 5.99. The zero-order chi connectivity index (χ0) is 21.8. The SMILES string of the molecule is C=Cc1ccc(COc2ccc(-c3n[nH]c(C)c3-c3ccccc3OC)c(O)c2)cc1. The summed E-state index contributed by atoms with van der Waals surface area (Å²) in [5.74, 6) is 1.43. The molecule has 0 unspecified atom stereocenters. The molecule has 4 rings (SSSR count). The van der Waals surface area contributed by atoms with E-state index in [1.54, 1.807) is 19.3 Å². The lowest BCUT2D eigenvalue weighted by molar-refractivity contribution is 0.304. The van der Waals surface area contributed by atoms with Crippen LogP contribution in [0.1, 0.15) is 16.8 Å². The lowest BCUT2D eigenvalue weighted by Gasteiger charge is -2.12. The Morgan fingerprint density at radius 2 is 1.81 bits per heavy atom. The fourth-order valence-electron chi connectivity index (χ4n) is 3.52. The quantitative estimate of drug-likeness (QED) is 0.391. The number of phenols is 1. The number of hydrogen-bond donors (Lipinski definition) is 2. The molecular formula is C26H24N2O3. The summed E-state index contributed by atoms with van der Waals surface area (Å²) in [6.07, 6.45) is 1.80. The zero-order valence-corrected chi connectivity index (χ0v) is 17.6. The van der Waals surface area contributed by atoms with Gasteiger partial charge in [0.15, 0.2) is 0 Å². The van der Waals surface area contributed by atoms with Gasteiger partial charge in [0, 0.05) is 28.5 Å². The Morgan fingerprint density at radius 3 is 2.52 bits per heavy atom. The lowest BCUT2D eigenvalue weighted by atomic mass is 9.98. The van der Waals surface area contributed by atoms with Gasteiger partial charge in [-0.05, 0) is 36.2 Å². The largest absolute Gasteiger partial charge is 0.507 e. The van der Waals surface area contributed by atoms with Gasteiger partial charge in [0.05, 0.1) is 7.11 Å². The summed E-state index contributed by atoms with van der Waals surface area (Å²) in [4.78, 5) is 0. The number of rotatable bonds is 7. The zero-order valence-electron chi connectivity index (χ0n) is 17.6. The Morgan fingerprint density at radius 1 is 1.03 bits per heavy atom. The summed E-state index contributed by atoms with van der Waals surface area (Å²) in [6, 6.07) is 21.0. The smallest absolute Gasteiger partial charge is 0.128 e. The van der Waals surface area contributed by atoms with Crippen LogP contribution in [-0.2, 0) is 6.61 Å². The molecule has 0 amide bonds. The van der Waals surface area contributed by atoms with Crippen molar-refractivity contribution in [2.45, 2.75) is 13.5 Å². The number of ether oxygens (including phenoxy) is 2. The summed E-state index contributed by atoms with van der Waals surface area (Å²) in [5.41, 5.74) is 6.07. The second kappa shape index (κ2) is 8.79. The number of benzene rings is 3. The van der Waals surface area contributed by atoms with Crippen LogP contribution in [0.5, 0.6) is 17.2 Å². The van der Waals surface area contributed by atoms with Crippen molar-refractivity contribution in [2.75, 3.05) is 7.11 Å². The molecule has 0 spiro atoms. The highest BCUT2D eigenvalue weighted by Crippen LogP contribution is 2.41. The fraction of sp³-hybridized carbons (Fsp3) is 0.115. The van der Waals surface area contributed by atoms with Crippen LogP contribution in [0.15, 0.2) is 73.3 Å². The van der Waals surface area contributed by atoms with E-state index in [-0.39, 0.29) is 5.75 Å². The van der Waals surface area contributed by atoms with Gasteiger partial charge < -0.3 is 14.6 Å². The monoisotopic (exact) mass is 412 g/mol. The van der Waals surface area contributed by atoms with Crippen molar-refractivity contribution in [2.24, 2.45) is 0 Å². The molecule has 156 valence electrons. The van der Waals surface area contributed by atoms with Gasteiger partial charge in [0.2, 0.25) is 0 Å². The molecule has 1 heterocycles. The third-order valence-electron chi connectivity index (χ3n) is 5.17. The molecule has 5 heteroatoms. The minimum atomic E-state index is 0.0992. The number of hydrogen-bond acceptors (Lipinski definition) is 4. The molecule has 3 aromatic carbocycles. The molecule has 0 aliphatic carbocycles. The molecule has 1 aromatic heterocycles. The first-order valence-electron chi connectivity index (χ1n) is 9.96. The second-order valence-corrected chi connectivity index (χ2v) is 7.19. The molecule has 0 aliphatic heterocycles.